The monoisotopic (exact) mass is 548 g/mol. The normalized spacial score (nSPS) is 19.7. The number of anilines is 2. The molecule has 10 nitrogen and oxygen atoms in total. The number of rotatable bonds is 10. The Morgan fingerprint density at radius 3 is 2.45 bits per heavy atom. The Balaban J connectivity index is 1.72. The highest BCUT2D eigenvalue weighted by Crippen LogP contribution is 2.38. The van der Waals surface area contributed by atoms with Gasteiger partial charge in [0.1, 0.15) is 17.9 Å². The molecule has 3 aromatic rings. The summed E-state index contributed by atoms with van der Waals surface area (Å²) in [5.41, 5.74) is 9.87. The predicted octanol–water partition coefficient (Wildman–Crippen LogP) is 2.64. The maximum absolute atomic E-state index is 13.2. The number of amides is 2. The second-order valence-corrected chi connectivity index (χ2v) is 10.0. The maximum Gasteiger partial charge on any atom is 0.255 e. The number of hydroxylamine groups is 2. The van der Waals surface area contributed by atoms with E-state index in [9.17, 15) is 19.8 Å². The van der Waals surface area contributed by atoms with Crippen LogP contribution in [0.15, 0.2) is 66.7 Å². The number of carbonyl (C=O) groups excluding carboxylic acids is 2. The Kier molecular flexibility index (Phi) is 9.06. The molecule has 2 amide bonds. The average molecular weight is 549 g/mol. The number of aliphatic hydroxyl groups excluding tert-OH is 2. The molecule has 40 heavy (non-hydrogen) atoms. The zero-order valence-corrected chi connectivity index (χ0v) is 23.1. The fraction of sp³-hybridized carbons (Fsp3) is 0.333. The molecule has 0 aromatic heterocycles. The van der Waals surface area contributed by atoms with Gasteiger partial charge in [-0.15, -0.1) is 0 Å². The van der Waals surface area contributed by atoms with Gasteiger partial charge in [0.2, 0.25) is 5.91 Å². The Morgan fingerprint density at radius 2 is 1.85 bits per heavy atom. The first-order chi connectivity index (χ1) is 19.1. The van der Waals surface area contributed by atoms with E-state index in [4.69, 9.17) is 15.3 Å². The number of para-hydroxylation sites is 2. The number of aliphatic hydroxyl groups is 2. The van der Waals surface area contributed by atoms with E-state index in [-0.39, 0.29) is 19.1 Å². The van der Waals surface area contributed by atoms with Crippen LogP contribution >= 0.6 is 0 Å². The summed E-state index contributed by atoms with van der Waals surface area (Å²) in [6, 6.07) is 19.5. The summed E-state index contributed by atoms with van der Waals surface area (Å²) in [7, 11) is 5.35. The molecule has 10 heteroatoms. The number of primary amides is 1. The van der Waals surface area contributed by atoms with Crippen LogP contribution in [0.1, 0.15) is 22.8 Å². The standard InChI is InChI=1S/C30H36N4O6/c1-18(36)26-25(17-35)40-34(27(26)29(31)37)16-19-9-8-12-24(28(19)39-4)20-13-21(15-23(14-20)33(2)3)30(38)32-22-10-6-5-7-11-22/h5-15,18,25-27,35-36H,16-17H2,1-4H3,(H2,31,37)(H,32,38)/t18-,25-,26-,27-/m0/s1. The SMILES string of the molecule is COc1c(CN2O[C@@H](CO)[C@H]([C@H](C)O)[C@H]2C(N)=O)cccc1-c1cc(C(=O)Nc2ccccc2)cc(N(C)C)c1. The van der Waals surface area contributed by atoms with Gasteiger partial charge in [-0.3, -0.25) is 14.4 Å². The number of benzene rings is 3. The number of nitrogens with one attached hydrogen (secondary N) is 1. The Hall–Kier alpha value is -3.96. The van der Waals surface area contributed by atoms with Gasteiger partial charge < -0.3 is 30.9 Å². The van der Waals surface area contributed by atoms with Crippen LogP contribution in [0.3, 0.4) is 0 Å². The first-order valence-corrected chi connectivity index (χ1v) is 13.0. The van der Waals surface area contributed by atoms with E-state index >= 15 is 0 Å². The number of hydrogen-bond acceptors (Lipinski definition) is 8. The first-order valence-electron chi connectivity index (χ1n) is 13.0. The van der Waals surface area contributed by atoms with Crippen molar-refractivity contribution >= 4 is 23.2 Å². The minimum Gasteiger partial charge on any atom is -0.496 e. The molecule has 0 saturated carbocycles. The second-order valence-electron chi connectivity index (χ2n) is 10.0. The van der Waals surface area contributed by atoms with E-state index in [1.165, 1.54) is 5.06 Å². The van der Waals surface area contributed by atoms with E-state index in [0.717, 1.165) is 16.8 Å². The lowest BCUT2D eigenvalue weighted by Gasteiger charge is -2.25. The second kappa shape index (κ2) is 12.5. The van der Waals surface area contributed by atoms with E-state index in [0.29, 0.717) is 22.6 Å². The van der Waals surface area contributed by atoms with E-state index in [1.54, 1.807) is 20.1 Å². The summed E-state index contributed by atoms with van der Waals surface area (Å²) >= 11 is 0. The molecule has 1 aliphatic rings. The molecule has 0 radical (unpaired) electrons. The van der Waals surface area contributed by atoms with E-state index in [2.05, 4.69) is 5.32 Å². The molecule has 0 unspecified atom stereocenters. The Bertz CT molecular complexity index is 1350. The van der Waals surface area contributed by atoms with Crippen molar-refractivity contribution < 1.29 is 29.4 Å². The minimum absolute atomic E-state index is 0.110. The molecule has 4 atom stereocenters. The van der Waals surface area contributed by atoms with Gasteiger partial charge in [-0.2, -0.15) is 5.06 Å². The average Bonchev–Trinajstić information content (AvgIpc) is 3.32. The third kappa shape index (κ3) is 6.10. The lowest BCUT2D eigenvalue weighted by atomic mass is 9.89. The lowest BCUT2D eigenvalue weighted by molar-refractivity contribution is -0.181. The molecule has 1 heterocycles. The summed E-state index contributed by atoms with van der Waals surface area (Å²) in [6.45, 7) is 1.28. The number of carbonyl (C=O) groups is 2. The Morgan fingerprint density at radius 1 is 1.12 bits per heavy atom. The summed E-state index contributed by atoms with van der Waals surface area (Å²) in [5, 5.41) is 24.5. The zero-order chi connectivity index (χ0) is 29.0. The fourth-order valence-electron chi connectivity index (χ4n) is 5.13. The number of nitrogens with two attached hydrogens (primary N) is 1. The van der Waals surface area contributed by atoms with Crippen molar-refractivity contribution in [3.8, 4) is 16.9 Å². The highest BCUT2D eigenvalue weighted by atomic mass is 16.7. The molecule has 1 fully saturated rings. The lowest BCUT2D eigenvalue weighted by Crippen LogP contribution is -2.47. The van der Waals surface area contributed by atoms with Crippen molar-refractivity contribution in [2.24, 2.45) is 11.7 Å². The summed E-state index contributed by atoms with van der Waals surface area (Å²) in [6.07, 6.45) is -1.71. The number of nitrogens with zero attached hydrogens (tertiary/aromatic N) is 2. The third-order valence-electron chi connectivity index (χ3n) is 7.07. The summed E-state index contributed by atoms with van der Waals surface area (Å²) in [4.78, 5) is 33.4. The molecular weight excluding hydrogens is 512 g/mol. The molecule has 0 aliphatic carbocycles. The molecule has 0 bridgehead atoms. The van der Waals surface area contributed by atoms with Gasteiger partial charge in [0, 0.05) is 48.1 Å². The van der Waals surface area contributed by atoms with Gasteiger partial charge in [-0.25, -0.2) is 0 Å². The van der Waals surface area contributed by atoms with Gasteiger partial charge in [0.05, 0.1) is 26.4 Å². The number of methoxy groups -OCH3 is 1. The van der Waals surface area contributed by atoms with Crippen LogP contribution < -0.4 is 20.7 Å². The van der Waals surface area contributed by atoms with Gasteiger partial charge in [0.25, 0.3) is 5.91 Å². The van der Waals surface area contributed by atoms with Crippen LogP contribution in [0, 0.1) is 5.92 Å². The molecule has 1 saturated heterocycles. The van der Waals surface area contributed by atoms with Crippen LogP contribution in [0.2, 0.25) is 0 Å². The topological polar surface area (TPSA) is 138 Å². The first kappa shape index (κ1) is 29.0. The molecular formula is C30H36N4O6. The van der Waals surface area contributed by atoms with Crippen LogP contribution in [0.4, 0.5) is 11.4 Å². The van der Waals surface area contributed by atoms with Crippen LogP contribution in [0.25, 0.3) is 11.1 Å². The van der Waals surface area contributed by atoms with Crippen molar-refractivity contribution in [1.82, 2.24) is 5.06 Å². The van der Waals surface area contributed by atoms with Gasteiger partial charge in [0.15, 0.2) is 0 Å². The molecule has 5 N–H and O–H groups in total. The Labute approximate surface area is 233 Å². The van der Waals surface area contributed by atoms with E-state index in [1.807, 2.05) is 79.7 Å². The van der Waals surface area contributed by atoms with Gasteiger partial charge in [-0.1, -0.05) is 36.4 Å². The van der Waals surface area contributed by atoms with Gasteiger partial charge >= 0.3 is 0 Å². The molecule has 4 rings (SSSR count). The van der Waals surface area contributed by atoms with Crippen molar-refractivity contribution in [3.63, 3.8) is 0 Å². The van der Waals surface area contributed by atoms with E-state index < -0.39 is 30.1 Å². The summed E-state index contributed by atoms with van der Waals surface area (Å²) in [5.74, 6) is -1.08. The van der Waals surface area contributed by atoms with Crippen molar-refractivity contribution in [3.05, 3.63) is 77.9 Å². The highest BCUT2D eigenvalue weighted by molar-refractivity contribution is 6.05. The van der Waals surface area contributed by atoms with Crippen LogP contribution in [-0.4, -0.2) is 73.2 Å². The molecule has 0 spiro atoms. The van der Waals surface area contributed by atoms with Crippen molar-refractivity contribution in [1.29, 1.82) is 0 Å². The van der Waals surface area contributed by atoms with Gasteiger partial charge in [-0.05, 0) is 42.8 Å². The van der Waals surface area contributed by atoms with Crippen molar-refractivity contribution in [2.45, 2.75) is 31.7 Å². The molecule has 212 valence electrons. The summed E-state index contributed by atoms with van der Waals surface area (Å²) < 4.78 is 5.85. The third-order valence-corrected chi connectivity index (χ3v) is 7.07. The maximum atomic E-state index is 13.2. The minimum atomic E-state index is -0.948. The number of ether oxygens (including phenoxy) is 1. The smallest absolute Gasteiger partial charge is 0.255 e. The molecule has 3 aromatic carbocycles. The van der Waals surface area contributed by atoms with Crippen LogP contribution in [-0.2, 0) is 16.2 Å². The predicted molar refractivity (Wildman–Crippen MR) is 153 cm³/mol. The fourth-order valence-corrected chi connectivity index (χ4v) is 5.13. The number of hydrogen-bond donors (Lipinski definition) is 4. The zero-order valence-electron chi connectivity index (χ0n) is 23.1. The molecule has 1 aliphatic heterocycles. The highest BCUT2D eigenvalue weighted by Gasteiger charge is 2.48. The van der Waals surface area contributed by atoms with Crippen molar-refractivity contribution in [2.75, 3.05) is 38.0 Å². The largest absolute Gasteiger partial charge is 0.496 e. The quantitative estimate of drug-likeness (QED) is 0.304. The van der Waals surface area contributed by atoms with Crippen LogP contribution in [0.5, 0.6) is 5.75 Å².